The molecule has 0 aliphatic heterocycles. The number of rotatable bonds is 10. The van der Waals surface area contributed by atoms with Crippen molar-refractivity contribution in [3.63, 3.8) is 0 Å². The van der Waals surface area contributed by atoms with Crippen molar-refractivity contribution in [2.24, 2.45) is 0 Å². The second kappa shape index (κ2) is 12.7. The molecule has 0 unspecified atom stereocenters. The van der Waals surface area contributed by atoms with Crippen molar-refractivity contribution in [1.29, 1.82) is 0 Å². The molecule has 39 heavy (non-hydrogen) atoms. The van der Waals surface area contributed by atoms with Gasteiger partial charge in [0.15, 0.2) is 0 Å². The lowest BCUT2D eigenvalue weighted by Gasteiger charge is -2.32. The molecule has 0 aliphatic carbocycles. The highest BCUT2D eigenvalue weighted by atomic mass is 35.5. The zero-order valence-corrected chi connectivity index (χ0v) is 24.8. The van der Waals surface area contributed by atoms with Gasteiger partial charge in [-0.1, -0.05) is 59.1 Å². The first-order valence-electron chi connectivity index (χ1n) is 12.8. The third kappa shape index (κ3) is 7.61. The van der Waals surface area contributed by atoms with E-state index in [0.29, 0.717) is 16.3 Å². The fraction of sp³-hybridized carbons (Fsp3) is 0.333. The number of amides is 2. The second-order valence-corrected chi connectivity index (χ2v) is 12.4. The van der Waals surface area contributed by atoms with Crippen molar-refractivity contribution in [1.82, 2.24) is 10.2 Å². The molecule has 0 saturated carbocycles. The Hall–Kier alpha value is -3.36. The van der Waals surface area contributed by atoms with Crippen LogP contribution in [0.1, 0.15) is 43.0 Å². The molecule has 0 aromatic heterocycles. The molecule has 2 amide bonds. The largest absolute Gasteiger partial charge is 0.352 e. The van der Waals surface area contributed by atoms with Crippen LogP contribution >= 0.6 is 11.6 Å². The number of halogens is 1. The minimum atomic E-state index is -4.14. The highest BCUT2D eigenvalue weighted by Crippen LogP contribution is 2.29. The first-order chi connectivity index (χ1) is 18.3. The lowest BCUT2D eigenvalue weighted by molar-refractivity contribution is -0.139. The quantitative estimate of drug-likeness (QED) is 0.354. The van der Waals surface area contributed by atoms with Crippen LogP contribution in [0.5, 0.6) is 0 Å². The van der Waals surface area contributed by atoms with E-state index in [1.54, 1.807) is 44.2 Å². The van der Waals surface area contributed by atoms with Gasteiger partial charge in [-0.25, -0.2) is 8.42 Å². The molecule has 0 heterocycles. The average molecular weight is 570 g/mol. The van der Waals surface area contributed by atoms with Crippen LogP contribution in [-0.2, 0) is 26.2 Å². The highest BCUT2D eigenvalue weighted by Gasteiger charge is 2.33. The van der Waals surface area contributed by atoms with E-state index in [0.717, 1.165) is 21.0 Å². The number of nitrogens with zero attached hydrogens (tertiary/aromatic N) is 2. The number of hydrogen-bond donors (Lipinski definition) is 1. The third-order valence-electron chi connectivity index (χ3n) is 6.35. The minimum absolute atomic E-state index is 0.0612. The fourth-order valence-corrected chi connectivity index (χ4v) is 5.95. The van der Waals surface area contributed by atoms with Crippen LogP contribution in [0, 0.1) is 20.8 Å². The molecule has 7 nitrogen and oxygen atoms in total. The summed E-state index contributed by atoms with van der Waals surface area (Å²) in [7, 11) is -4.14. The van der Waals surface area contributed by atoms with Crippen molar-refractivity contribution in [2.45, 2.75) is 65.1 Å². The van der Waals surface area contributed by atoms with Gasteiger partial charge in [0.1, 0.15) is 12.6 Å². The van der Waals surface area contributed by atoms with Crippen LogP contribution in [0.15, 0.2) is 71.6 Å². The molecule has 3 aromatic rings. The van der Waals surface area contributed by atoms with Crippen LogP contribution in [0.3, 0.4) is 0 Å². The summed E-state index contributed by atoms with van der Waals surface area (Å²) >= 11 is 6.16. The summed E-state index contributed by atoms with van der Waals surface area (Å²) in [5.41, 5.74) is 3.70. The standard InChI is InChI=1S/C30H36ClN3O4S/c1-20(2)32-30(36)24(6)33(18-25-9-7-8-22(4)16-25)29(35)19-34(28-15-12-26(31)17-23(28)5)39(37,38)27-13-10-21(3)11-14-27/h7-17,20,24H,18-19H2,1-6H3,(H,32,36)/t24-/m0/s1. The number of carbonyl (C=O) groups is 2. The number of nitrogens with one attached hydrogen (secondary N) is 1. The molecular formula is C30H36ClN3O4S. The smallest absolute Gasteiger partial charge is 0.264 e. The lowest BCUT2D eigenvalue weighted by Crippen LogP contribution is -2.52. The second-order valence-electron chi connectivity index (χ2n) is 10.1. The van der Waals surface area contributed by atoms with Gasteiger partial charge >= 0.3 is 0 Å². The number of carbonyl (C=O) groups excluding carboxylic acids is 2. The number of sulfonamides is 1. The molecule has 0 fully saturated rings. The predicted octanol–water partition coefficient (Wildman–Crippen LogP) is 5.40. The van der Waals surface area contributed by atoms with Gasteiger partial charge in [0.05, 0.1) is 10.6 Å². The highest BCUT2D eigenvalue weighted by molar-refractivity contribution is 7.92. The Balaban J connectivity index is 2.07. The van der Waals surface area contributed by atoms with Gasteiger partial charge in [0, 0.05) is 17.6 Å². The summed E-state index contributed by atoms with van der Waals surface area (Å²) in [5.74, 6) is -0.824. The maximum Gasteiger partial charge on any atom is 0.264 e. The molecule has 0 radical (unpaired) electrons. The van der Waals surface area contributed by atoms with Crippen molar-refractivity contribution >= 4 is 39.1 Å². The topological polar surface area (TPSA) is 86.8 Å². The molecule has 3 rings (SSSR count). The van der Waals surface area contributed by atoms with E-state index in [2.05, 4.69) is 5.32 Å². The number of aryl methyl sites for hydroxylation is 3. The van der Waals surface area contributed by atoms with E-state index in [4.69, 9.17) is 11.6 Å². The maximum absolute atomic E-state index is 14.0. The van der Waals surface area contributed by atoms with Gasteiger partial charge in [-0.2, -0.15) is 0 Å². The van der Waals surface area contributed by atoms with Crippen molar-refractivity contribution < 1.29 is 18.0 Å². The van der Waals surface area contributed by atoms with Gasteiger partial charge < -0.3 is 10.2 Å². The molecule has 9 heteroatoms. The maximum atomic E-state index is 14.0. The van der Waals surface area contributed by atoms with E-state index in [-0.39, 0.29) is 23.4 Å². The summed E-state index contributed by atoms with van der Waals surface area (Å²) in [6.07, 6.45) is 0. The van der Waals surface area contributed by atoms with Crippen LogP contribution in [0.2, 0.25) is 5.02 Å². The molecule has 3 aromatic carbocycles. The van der Waals surface area contributed by atoms with Gasteiger partial charge in [-0.05, 0) is 83.0 Å². The normalized spacial score (nSPS) is 12.2. The van der Waals surface area contributed by atoms with E-state index in [9.17, 15) is 18.0 Å². The number of anilines is 1. The summed E-state index contributed by atoms with van der Waals surface area (Å²) in [5, 5.41) is 3.31. The third-order valence-corrected chi connectivity index (χ3v) is 8.36. The average Bonchev–Trinajstić information content (AvgIpc) is 2.85. The van der Waals surface area contributed by atoms with E-state index >= 15 is 0 Å². The Morgan fingerprint density at radius 3 is 2.15 bits per heavy atom. The van der Waals surface area contributed by atoms with Crippen LogP contribution in [-0.4, -0.2) is 43.8 Å². The first kappa shape index (κ1) is 30.2. The summed E-state index contributed by atoms with van der Waals surface area (Å²) in [6.45, 7) is 10.5. The monoisotopic (exact) mass is 569 g/mol. The fourth-order valence-electron chi connectivity index (χ4n) is 4.24. The zero-order chi connectivity index (χ0) is 28.9. The lowest BCUT2D eigenvalue weighted by atomic mass is 10.1. The summed E-state index contributed by atoms with van der Waals surface area (Å²) in [6, 6.07) is 18.0. The molecule has 0 bridgehead atoms. The minimum Gasteiger partial charge on any atom is -0.352 e. The molecular weight excluding hydrogens is 534 g/mol. The SMILES string of the molecule is Cc1ccc(S(=O)(=O)N(CC(=O)N(Cc2cccc(C)c2)[C@@H](C)C(=O)NC(C)C)c2ccc(Cl)cc2C)cc1. The van der Waals surface area contributed by atoms with Gasteiger partial charge in [-0.3, -0.25) is 13.9 Å². The van der Waals surface area contributed by atoms with Crippen molar-refractivity contribution in [3.05, 3.63) is 94.0 Å². The molecule has 0 aliphatic rings. The Morgan fingerprint density at radius 1 is 0.897 bits per heavy atom. The molecule has 208 valence electrons. The zero-order valence-electron chi connectivity index (χ0n) is 23.2. The summed E-state index contributed by atoms with van der Waals surface area (Å²) < 4.78 is 29.0. The number of benzene rings is 3. The number of hydrogen-bond acceptors (Lipinski definition) is 4. The van der Waals surface area contributed by atoms with Crippen LogP contribution < -0.4 is 9.62 Å². The van der Waals surface area contributed by atoms with E-state index in [1.165, 1.54) is 17.0 Å². The molecule has 1 N–H and O–H groups in total. The Labute approximate surface area is 236 Å². The van der Waals surface area contributed by atoms with Gasteiger partial charge in [0.25, 0.3) is 10.0 Å². The Kier molecular flexibility index (Phi) is 9.80. The Bertz CT molecular complexity index is 1440. The van der Waals surface area contributed by atoms with Crippen molar-refractivity contribution in [3.8, 4) is 0 Å². The molecule has 0 saturated heterocycles. The van der Waals surface area contributed by atoms with Crippen LogP contribution in [0.25, 0.3) is 0 Å². The van der Waals surface area contributed by atoms with Gasteiger partial charge in [0.2, 0.25) is 11.8 Å². The Morgan fingerprint density at radius 2 is 1.56 bits per heavy atom. The van der Waals surface area contributed by atoms with Gasteiger partial charge in [-0.15, -0.1) is 0 Å². The summed E-state index contributed by atoms with van der Waals surface area (Å²) in [4.78, 5) is 28.5. The molecule has 0 spiro atoms. The predicted molar refractivity (Wildman–Crippen MR) is 156 cm³/mol. The van der Waals surface area contributed by atoms with E-state index < -0.39 is 28.5 Å². The first-order valence-corrected chi connectivity index (χ1v) is 14.6. The van der Waals surface area contributed by atoms with Crippen molar-refractivity contribution in [2.75, 3.05) is 10.8 Å². The molecule has 1 atom stereocenters. The van der Waals surface area contributed by atoms with Crippen LogP contribution in [0.4, 0.5) is 5.69 Å². The van der Waals surface area contributed by atoms with E-state index in [1.807, 2.05) is 52.0 Å².